The standard InChI is InChI=1S/C12H8F3N3O2/c13-12(14,15)10(17)5-9(11(19)20)18-8-3-1-2-7(4-8)6-16/h1-5H,17H2,(H,19,20). The van der Waals surface area contributed by atoms with Crippen molar-refractivity contribution in [2.24, 2.45) is 10.7 Å². The summed E-state index contributed by atoms with van der Waals surface area (Å²) in [5.74, 6) is -1.67. The van der Waals surface area contributed by atoms with Crippen molar-refractivity contribution in [1.82, 2.24) is 0 Å². The van der Waals surface area contributed by atoms with E-state index in [2.05, 4.69) is 4.99 Å². The van der Waals surface area contributed by atoms with Crippen molar-refractivity contribution in [2.45, 2.75) is 6.18 Å². The Morgan fingerprint density at radius 2 is 2.10 bits per heavy atom. The van der Waals surface area contributed by atoms with Crippen molar-refractivity contribution in [2.75, 3.05) is 0 Å². The van der Waals surface area contributed by atoms with Crippen LogP contribution in [-0.4, -0.2) is 23.0 Å². The summed E-state index contributed by atoms with van der Waals surface area (Å²) in [6.07, 6.45) is -4.62. The number of nitrogens with zero attached hydrogens (tertiary/aromatic N) is 2. The summed E-state index contributed by atoms with van der Waals surface area (Å²) >= 11 is 0. The molecule has 5 nitrogen and oxygen atoms in total. The number of carbonyl (C=O) groups is 1. The van der Waals surface area contributed by atoms with Crippen LogP contribution in [0.2, 0.25) is 0 Å². The molecule has 8 heteroatoms. The molecule has 0 amide bonds. The molecule has 0 aliphatic heterocycles. The minimum absolute atomic E-state index is 0.0349. The highest BCUT2D eigenvalue weighted by molar-refractivity contribution is 6.41. The minimum atomic E-state index is -4.84. The molecule has 0 radical (unpaired) electrons. The zero-order chi connectivity index (χ0) is 15.3. The quantitative estimate of drug-likeness (QED) is 0.830. The van der Waals surface area contributed by atoms with Crippen LogP contribution in [0.25, 0.3) is 0 Å². The maximum absolute atomic E-state index is 12.2. The smallest absolute Gasteiger partial charge is 0.430 e. The summed E-state index contributed by atoms with van der Waals surface area (Å²) < 4.78 is 36.7. The lowest BCUT2D eigenvalue weighted by Crippen LogP contribution is -2.22. The maximum Gasteiger partial charge on any atom is 0.430 e. The molecule has 3 N–H and O–H groups in total. The Hall–Kier alpha value is -2.82. The molecule has 0 aliphatic rings. The van der Waals surface area contributed by atoms with Crippen LogP contribution in [-0.2, 0) is 4.79 Å². The van der Waals surface area contributed by atoms with Crippen LogP contribution in [0.4, 0.5) is 18.9 Å². The van der Waals surface area contributed by atoms with Gasteiger partial charge in [-0.15, -0.1) is 0 Å². The Morgan fingerprint density at radius 1 is 1.45 bits per heavy atom. The normalized spacial score (nSPS) is 12.9. The first-order valence-electron chi connectivity index (χ1n) is 5.10. The highest BCUT2D eigenvalue weighted by Crippen LogP contribution is 2.22. The largest absolute Gasteiger partial charge is 0.477 e. The molecule has 1 aromatic carbocycles. The predicted octanol–water partition coefficient (Wildman–Crippen LogP) is 2.12. The molecule has 0 heterocycles. The summed E-state index contributed by atoms with van der Waals surface area (Å²) in [5, 5.41) is 17.5. The van der Waals surface area contributed by atoms with E-state index in [9.17, 15) is 18.0 Å². The number of nitrogens with two attached hydrogens (primary N) is 1. The van der Waals surface area contributed by atoms with E-state index in [1.807, 2.05) is 0 Å². The minimum Gasteiger partial charge on any atom is -0.477 e. The van der Waals surface area contributed by atoms with Crippen molar-refractivity contribution in [3.63, 3.8) is 0 Å². The van der Waals surface area contributed by atoms with E-state index in [1.54, 1.807) is 6.07 Å². The van der Waals surface area contributed by atoms with Crippen molar-refractivity contribution in [3.8, 4) is 6.07 Å². The first-order chi connectivity index (χ1) is 9.24. The molecule has 1 rings (SSSR count). The van der Waals surface area contributed by atoms with Crippen LogP contribution in [0.15, 0.2) is 41.0 Å². The molecular weight excluding hydrogens is 275 g/mol. The number of aliphatic imine (C=N–C) groups is 1. The van der Waals surface area contributed by atoms with Gasteiger partial charge < -0.3 is 10.8 Å². The number of nitriles is 1. The SMILES string of the molecule is N#Cc1cccc(N=C(C=C(N)C(F)(F)F)C(=O)O)c1. The van der Waals surface area contributed by atoms with E-state index in [-0.39, 0.29) is 17.3 Å². The Morgan fingerprint density at radius 3 is 2.60 bits per heavy atom. The first kappa shape index (κ1) is 15.2. The van der Waals surface area contributed by atoms with E-state index in [4.69, 9.17) is 16.1 Å². The second kappa shape index (κ2) is 5.88. The molecule has 0 atom stereocenters. The third kappa shape index (κ3) is 4.13. The number of rotatable bonds is 3. The second-order valence-corrected chi connectivity index (χ2v) is 3.56. The van der Waals surface area contributed by atoms with Crippen molar-refractivity contribution >= 4 is 17.4 Å². The molecule has 20 heavy (non-hydrogen) atoms. The molecule has 1 aromatic rings. The first-order valence-corrected chi connectivity index (χ1v) is 5.10. The average Bonchev–Trinajstić information content (AvgIpc) is 2.36. The Balaban J connectivity index is 3.24. The number of halogens is 3. The lowest BCUT2D eigenvalue weighted by Gasteiger charge is -2.06. The molecule has 0 aromatic heterocycles. The summed E-state index contributed by atoms with van der Waals surface area (Å²) in [7, 11) is 0. The number of alkyl halides is 3. The fraction of sp³-hybridized carbons (Fsp3) is 0.0833. The number of carboxylic acids is 1. The lowest BCUT2D eigenvalue weighted by molar-refractivity contribution is -0.129. The van der Waals surface area contributed by atoms with Crippen LogP contribution >= 0.6 is 0 Å². The van der Waals surface area contributed by atoms with Crippen molar-refractivity contribution in [3.05, 3.63) is 41.6 Å². The molecule has 0 aliphatic carbocycles. The maximum atomic E-state index is 12.2. The van der Waals surface area contributed by atoms with Gasteiger partial charge in [0.25, 0.3) is 0 Å². The van der Waals surface area contributed by atoms with Crippen molar-refractivity contribution < 1.29 is 23.1 Å². The zero-order valence-corrected chi connectivity index (χ0v) is 9.85. The fourth-order valence-corrected chi connectivity index (χ4v) is 1.16. The number of benzene rings is 1. The van der Waals surface area contributed by atoms with Gasteiger partial charge in [-0.3, -0.25) is 0 Å². The van der Waals surface area contributed by atoms with E-state index >= 15 is 0 Å². The molecule has 104 valence electrons. The van der Waals surface area contributed by atoms with Crippen LogP contribution < -0.4 is 5.73 Å². The molecule has 0 saturated heterocycles. The molecular formula is C12H8F3N3O2. The number of hydrogen-bond donors (Lipinski definition) is 2. The Bertz CT molecular complexity index is 628. The van der Waals surface area contributed by atoms with Gasteiger partial charge in [-0.1, -0.05) is 6.07 Å². The van der Waals surface area contributed by atoms with Crippen LogP contribution in [0.3, 0.4) is 0 Å². The third-order valence-corrected chi connectivity index (χ3v) is 2.06. The van der Waals surface area contributed by atoms with Gasteiger partial charge in [0.05, 0.1) is 17.3 Å². The Kier molecular flexibility index (Phi) is 4.48. The van der Waals surface area contributed by atoms with Crippen LogP contribution in [0.1, 0.15) is 5.56 Å². The number of hydrogen-bond acceptors (Lipinski definition) is 4. The van der Waals surface area contributed by atoms with Gasteiger partial charge in [0, 0.05) is 0 Å². The van der Waals surface area contributed by atoms with Crippen molar-refractivity contribution in [1.29, 1.82) is 5.26 Å². The number of carboxylic acid groups (broad SMARTS) is 1. The van der Waals surface area contributed by atoms with Crippen LogP contribution in [0.5, 0.6) is 0 Å². The summed E-state index contributed by atoms with van der Waals surface area (Å²) in [6, 6.07) is 7.25. The van der Waals surface area contributed by atoms with E-state index in [1.165, 1.54) is 24.3 Å². The molecule has 0 bridgehead atoms. The summed E-state index contributed by atoms with van der Waals surface area (Å²) in [4.78, 5) is 14.4. The third-order valence-electron chi connectivity index (χ3n) is 2.06. The fourth-order valence-electron chi connectivity index (χ4n) is 1.16. The van der Waals surface area contributed by atoms with Gasteiger partial charge in [-0.25, -0.2) is 9.79 Å². The molecule has 0 saturated carbocycles. The second-order valence-electron chi connectivity index (χ2n) is 3.56. The summed E-state index contributed by atoms with van der Waals surface area (Å²) in [5.41, 5.74) is 2.52. The predicted molar refractivity (Wildman–Crippen MR) is 64.2 cm³/mol. The van der Waals surface area contributed by atoms with E-state index in [0.29, 0.717) is 0 Å². The van der Waals surface area contributed by atoms with Gasteiger partial charge in [-0.05, 0) is 24.3 Å². The lowest BCUT2D eigenvalue weighted by atomic mass is 10.2. The number of aliphatic carboxylic acids is 1. The average molecular weight is 283 g/mol. The topological polar surface area (TPSA) is 99.5 Å². The van der Waals surface area contributed by atoms with E-state index < -0.39 is 23.6 Å². The van der Waals surface area contributed by atoms with Gasteiger partial charge >= 0.3 is 12.1 Å². The van der Waals surface area contributed by atoms with Gasteiger partial charge in [-0.2, -0.15) is 18.4 Å². The molecule has 0 fully saturated rings. The van der Waals surface area contributed by atoms with Gasteiger partial charge in [0.1, 0.15) is 5.70 Å². The van der Waals surface area contributed by atoms with Gasteiger partial charge in [0.2, 0.25) is 0 Å². The monoisotopic (exact) mass is 283 g/mol. The van der Waals surface area contributed by atoms with Crippen LogP contribution in [0, 0.1) is 11.3 Å². The van der Waals surface area contributed by atoms with Gasteiger partial charge in [0.15, 0.2) is 5.71 Å². The summed E-state index contributed by atoms with van der Waals surface area (Å²) in [6.45, 7) is 0. The highest BCUT2D eigenvalue weighted by Gasteiger charge is 2.32. The Labute approximate surface area is 111 Å². The highest BCUT2D eigenvalue weighted by atomic mass is 19.4. The number of allylic oxidation sites excluding steroid dienone is 1. The molecule has 0 unspecified atom stereocenters. The molecule has 0 spiro atoms. The van der Waals surface area contributed by atoms with E-state index in [0.717, 1.165) is 0 Å². The zero-order valence-electron chi connectivity index (χ0n) is 9.85.